The van der Waals surface area contributed by atoms with Crippen molar-refractivity contribution in [2.75, 3.05) is 6.61 Å². The van der Waals surface area contributed by atoms with Gasteiger partial charge in [-0.15, -0.1) is 0 Å². The number of halogens is 1. The molecule has 1 aromatic rings. The highest BCUT2D eigenvalue weighted by Gasteiger charge is 2.21. The number of nitrogens with two attached hydrogens (primary N) is 1. The fourth-order valence-corrected chi connectivity index (χ4v) is 2.00. The molecule has 0 aromatic heterocycles. The normalized spacial score (nSPS) is 14.7. The molecule has 1 amide bonds. The molecule has 0 aliphatic heterocycles. The number of carbonyl (C=O) groups excluding carboxylic acids is 1. The lowest BCUT2D eigenvalue weighted by Gasteiger charge is -2.07. The Morgan fingerprint density at radius 1 is 1.53 bits per heavy atom. The van der Waals surface area contributed by atoms with Gasteiger partial charge in [-0.1, -0.05) is 22.0 Å². The van der Waals surface area contributed by atoms with Gasteiger partial charge in [0.05, 0.1) is 6.61 Å². The van der Waals surface area contributed by atoms with E-state index in [-0.39, 0.29) is 5.91 Å². The summed E-state index contributed by atoms with van der Waals surface area (Å²) in [7, 11) is 0. The topological polar surface area (TPSA) is 64.3 Å². The molecule has 1 fully saturated rings. The lowest BCUT2D eigenvalue weighted by atomic mass is 10.1. The Bertz CT molecular complexity index is 419. The van der Waals surface area contributed by atoms with Crippen LogP contribution in [-0.4, -0.2) is 12.5 Å². The van der Waals surface area contributed by atoms with Gasteiger partial charge in [-0.25, -0.2) is 5.84 Å². The molecule has 1 aliphatic rings. The van der Waals surface area contributed by atoms with E-state index in [1.54, 1.807) is 12.1 Å². The number of benzene rings is 1. The van der Waals surface area contributed by atoms with Crippen LogP contribution in [0.1, 0.15) is 28.8 Å². The maximum Gasteiger partial charge on any atom is 0.265 e. The first-order valence-electron chi connectivity index (χ1n) is 5.58. The predicted octanol–water partition coefficient (Wildman–Crippen LogP) is 1.98. The number of carbonyl (C=O) groups is 1. The van der Waals surface area contributed by atoms with E-state index in [0.29, 0.717) is 12.2 Å². The van der Waals surface area contributed by atoms with Crippen molar-refractivity contribution in [1.29, 1.82) is 0 Å². The molecule has 92 valence electrons. The molecule has 0 spiro atoms. The molecule has 4 nitrogen and oxygen atoms in total. The molecule has 5 heteroatoms. The summed E-state index contributed by atoms with van der Waals surface area (Å²) in [4.78, 5) is 11.3. The van der Waals surface area contributed by atoms with Gasteiger partial charge in [0.15, 0.2) is 0 Å². The third kappa shape index (κ3) is 3.52. The fraction of sp³-hybridized carbons (Fsp3) is 0.417. The zero-order valence-electron chi connectivity index (χ0n) is 9.41. The molecule has 0 bridgehead atoms. The van der Waals surface area contributed by atoms with Crippen LogP contribution < -0.4 is 11.3 Å². The maximum absolute atomic E-state index is 11.3. The van der Waals surface area contributed by atoms with Crippen molar-refractivity contribution in [1.82, 2.24) is 5.43 Å². The van der Waals surface area contributed by atoms with Gasteiger partial charge in [0.25, 0.3) is 5.91 Å². The third-order valence-electron chi connectivity index (χ3n) is 2.75. The molecule has 17 heavy (non-hydrogen) atoms. The Kier molecular flexibility index (Phi) is 4.15. The molecule has 1 aromatic carbocycles. The van der Waals surface area contributed by atoms with Crippen molar-refractivity contribution < 1.29 is 9.53 Å². The van der Waals surface area contributed by atoms with Crippen LogP contribution in [0.15, 0.2) is 22.7 Å². The summed E-state index contributed by atoms with van der Waals surface area (Å²) in [6.07, 6.45) is 2.58. The lowest BCUT2D eigenvalue weighted by Crippen LogP contribution is -2.29. The average molecular weight is 299 g/mol. The summed E-state index contributed by atoms with van der Waals surface area (Å²) in [5.41, 5.74) is 3.68. The molecule has 1 saturated carbocycles. The van der Waals surface area contributed by atoms with E-state index in [2.05, 4.69) is 21.4 Å². The second-order valence-electron chi connectivity index (χ2n) is 4.24. The molecule has 0 atom stereocenters. The number of hydrogen-bond acceptors (Lipinski definition) is 3. The van der Waals surface area contributed by atoms with Gasteiger partial charge in [-0.05, 0) is 36.5 Å². The zero-order valence-corrected chi connectivity index (χ0v) is 11.0. The van der Waals surface area contributed by atoms with Crippen LogP contribution in [0.4, 0.5) is 0 Å². The van der Waals surface area contributed by atoms with E-state index < -0.39 is 0 Å². The van der Waals surface area contributed by atoms with E-state index >= 15 is 0 Å². The Morgan fingerprint density at radius 2 is 2.29 bits per heavy atom. The van der Waals surface area contributed by atoms with Crippen molar-refractivity contribution in [2.45, 2.75) is 19.4 Å². The van der Waals surface area contributed by atoms with Crippen molar-refractivity contribution in [3.05, 3.63) is 33.8 Å². The maximum atomic E-state index is 11.3. The number of hydrogen-bond donors (Lipinski definition) is 2. The Hall–Kier alpha value is -0.910. The van der Waals surface area contributed by atoms with E-state index in [1.807, 2.05) is 6.07 Å². The first-order valence-corrected chi connectivity index (χ1v) is 6.37. The molecular formula is C12H15BrN2O2. The Balaban J connectivity index is 1.95. The minimum absolute atomic E-state index is 0.295. The zero-order chi connectivity index (χ0) is 12.3. The first kappa shape index (κ1) is 12.5. The molecule has 0 heterocycles. The van der Waals surface area contributed by atoms with Crippen molar-refractivity contribution >= 4 is 21.8 Å². The van der Waals surface area contributed by atoms with Gasteiger partial charge in [-0.2, -0.15) is 0 Å². The lowest BCUT2D eigenvalue weighted by molar-refractivity contribution is 0.0953. The Morgan fingerprint density at radius 3 is 2.88 bits per heavy atom. The Labute approximate surface area is 109 Å². The monoisotopic (exact) mass is 298 g/mol. The van der Waals surface area contributed by atoms with Crippen molar-refractivity contribution in [3.63, 3.8) is 0 Å². The van der Waals surface area contributed by atoms with Crippen LogP contribution in [-0.2, 0) is 11.3 Å². The SMILES string of the molecule is NNC(=O)c1ccc(COCC2CC2)c(Br)c1. The third-order valence-corrected chi connectivity index (χ3v) is 3.49. The van der Waals surface area contributed by atoms with Gasteiger partial charge in [0.1, 0.15) is 0 Å². The van der Waals surface area contributed by atoms with Crippen molar-refractivity contribution in [2.24, 2.45) is 11.8 Å². The number of nitrogens with one attached hydrogen (secondary N) is 1. The highest BCUT2D eigenvalue weighted by Crippen LogP contribution is 2.29. The number of hydrazine groups is 1. The molecule has 0 saturated heterocycles. The molecule has 3 N–H and O–H groups in total. The largest absolute Gasteiger partial charge is 0.376 e. The summed E-state index contributed by atoms with van der Waals surface area (Å²) in [6, 6.07) is 5.36. The van der Waals surface area contributed by atoms with Crippen LogP contribution in [0, 0.1) is 5.92 Å². The van der Waals surface area contributed by atoms with Gasteiger partial charge in [0.2, 0.25) is 0 Å². The van der Waals surface area contributed by atoms with E-state index in [0.717, 1.165) is 22.6 Å². The standard InChI is InChI=1S/C12H15BrN2O2/c13-11-5-9(12(16)15-14)3-4-10(11)7-17-6-8-1-2-8/h3-5,8H,1-2,6-7,14H2,(H,15,16). The van der Waals surface area contributed by atoms with E-state index in [9.17, 15) is 4.79 Å². The van der Waals surface area contributed by atoms with Crippen LogP contribution >= 0.6 is 15.9 Å². The van der Waals surface area contributed by atoms with Crippen LogP contribution in [0.2, 0.25) is 0 Å². The van der Waals surface area contributed by atoms with Gasteiger partial charge in [0, 0.05) is 16.6 Å². The minimum Gasteiger partial charge on any atom is -0.376 e. The summed E-state index contributed by atoms with van der Waals surface area (Å²) in [5, 5.41) is 0. The second-order valence-corrected chi connectivity index (χ2v) is 5.09. The van der Waals surface area contributed by atoms with E-state index in [4.69, 9.17) is 10.6 Å². The summed E-state index contributed by atoms with van der Waals surface area (Å²) >= 11 is 3.43. The van der Waals surface area contributed by atoms with E-state index in [1.165, 1.54) is 12.8 Å². The number of ether oxygens (including phenoxy) is 1. The number of rotatable bonds is 5. The number of nitrogen functional groups attached to an aromatic ring is 1. The first-order chi connectivity index (χ1) is 8.20. The summed E-state index contributed by atoms with van der Waals surface area (Å²) in [5.74, 6) is 5.54. The quantitative estimate of drug-likeness (QED) is 0.496. The average Bonchev–Trinajstić information content (AvgIpc) is 3.14. The van der Waals surface area contributed by atoms with Gasteiger partial charge >= 0.3 is 0 Å². The predicted molar refractivity (Wildman–Crippen MR) is 68.2 cm³/mol. The fourth-order valence-electron chi connectivity index (χ4n) is 1.51. The number of amides is 1. The van der Waals surface area contributed by atoms with Crippen LogP contribution in [0.3, 0.4) is 0 Å². The highest BCUT2D eigenvalue weighted by molar-refractivity contribution is 9.10. The van der Waals surface area contributed by atoms with Crippen LogP contribution in [0.5, 0.6) is 0 Å². The molecule has 0 unspecified atom stereocenters. The molecule has 1 aliphatic carbocycles. The molecule has 2 rings (SSSR count). The van der Waals surface area contributed by atoms with Crippen molar-refractivity contribution in [3.8, 4) is 0 Å². The van der Waals surface area contributed by atoms with Gasteiger partial charge < -0.3 is 4.74 Å². The smallest absolute Gasteiger partial charge is 0.265 e. The van der Waals surface area contributed by atoms with Crippen LogP contribution in [0.25, 0.3) is 0 Å². The van der Waals surface area contributed by atoms with Gasteiger partial charge in [-0.3, -0.25) is 10.2 Å². The molecular weight excluding hydrogens is 284 g/mol. The second kappa shape index (κ2) is 5.62. The summed E-state index contributed by atoms with van der Waals surface area (Å²) < 4.78 is 6.47. The highest BCUT2D eigenvalue weighted by atomic mass is 79.9. The summed E-state index contributed by atoms with van der Waals surface area (Å²) in [6.45, 7) is 1.40. The minimum atomic E-state index is -0.295. The molecule has 0 radical (unpaired) electrons.